The van der Waals surface area contributed by atoms with Crippen LogP contribution in [0, 0.1) is 5.41 Å². The monoisotopic (exact) mass is 732 g/mol. The number of carboxylic acid groups (broad SMARTS) is 8. The van der Waals surface area contributed by atoms with Crippen LogP contribution in [0.5, 0.6) is 23.0 Å². The number of benzene rings is 4. The number of carboxylic acids is 8. The molecule has 0 fully saturated rings. The highest BCUT2D eigenvalue weighted by Gasteiger charge is 2.70. The molecule has 272 valence electrons. The summed E-state index contributed by atoms with van der Waals surface area (Å²) < 4.78 is 11.2. The van der Waals surface area contributed by atoms with Crippen LogP contribution in [0.1, 0.15) is 59.0 Å². The molecule has 4 aromatic carbocycles. The van der Waals surface area contributed by atoms with Crippen molar-refractivity contribution >= 4 is 47.8 Å². The van der Waals surface area contributed by atoms with Crippen LogP contribution < -0.4 is 9.47 Å². The molecule has 0 heterocycles. The second-order valence-electron chi connectivity index (χ2n) is 11.0. The zero-order valence-corrected chi connectivity index (χ0v) is 26.5. The summed E-state index contributed by atoms with van der Waals surface area (Å²) in [5.41, 5.74) is -9.84. The summed E-state index contributed by atoms with van der Waals surface area (Å²) in [6.45, 7) is 0. The Balaban J connectivity index is 1.92. The van der Waals surface area contributed by atoms with Crippen LogP contribution in [0.2, 0.25) is 0 Å². The van der Waals surface area contributed by atoms with Crippen molar-refractivity contribution in [1.29, 1.82) is 0 Å². The molecule has 8 N–H and O–H groups in total. The van der Waals surface area contributed by atoms with E-state index in [4.69, 9.17) is 9.47 Å². The summed E-state index contributed by atoms with van der Waals surface area (Å²) in [6.07, 6.45) is -1.46. The quantitative estimate of drug-likeness (QED) is 0.0752. The normalized spacial score (nSPS) is 11.2. The third-order valence-corrected chi connectivity index (χ3v) is 8.08. The van der Waals surface area contributed by atoms with Gasteiger partial charge in [-0.05, 0) is 71.8 Å². The van der Waals surface area contributed by atoms with E-state index in [0.29, 0.717) is 0 Å². The number of ether oxygens (including phenoxy) is 2. The summed E-state index contributed by atoms with van der Waals surface area (Å²) in [5, 5.41) is 78.6. The van der Waals surface area contributed by atoms with Gasteiger partial charge in [0, 0.05) is 0 Å². The molecular formula is C35H24O18. The van der Waals surface area contributed by atoms with Gasteiger partial charge in [-0.1, -0.05) is 24.3 Å². The van der Waals surface area contributed by atoms with E-state index in [9.17, 15) is 79.2 Å². The number of aliphatic carboxylic acids is 4. The molecular weight excluding hydrogens is 708 g/mol. The molecule has 0 atom stereocenters. The Bertz CT molecular complexity index is 2030. The molecule has 0 aliphatic carbocycles. The molecule has 0 bridgehead atoms. The number of aromatic carboxylic acids is 4. The molecule has 0 aliphatic rings. The van der Waals surface area contributed by atoms with E-state index in [-0.39, 0.29) is 34.1 Å². The molecule has 0 amide bonds. The van der Waals surface area contributed by atoms with Crippen molar-refractivity contribution < 1.29 is 88.7 Å². The van der Waals surface area contributed by atoms with Gasteiger partial charge in [-0.25, -0.2) is 19.2 Å². The van der Waals surface area contributed by atoms with Gasteiger partial charge in [0.05, 0.1) is 23.0 Å². The standard InChI is InChI=1S/C35H24O18/c36-26(37)15-34(35(31(46)47,32(48)49)33(50)51,18-3-7-20(8-4-18)52-24-11-1-16(27(38)39)13-22(24)29(42)43)19-5-9-21(10-6-19)53-25-12-2-17(28(40)41)14-23(25)30(44)45/h1-14H,15H2,(H,36,37)(H,38,39)(H,40,41)(H,42,43)(H,44,45)(H,46,47)(H,48,49)(H,50,51). The van der Waals surface area contributed by atoms with Crippen LogP contribution in [-0.2, 0) is 24.6 Å². The summed E-state index contributed by atoms with van der Waals surface area (Å²) in [6, 6.07) is 13.7. The topological polar surface area (TPSA) is 317 Å². The van der Waals surface area contributed by atoms with E-state index in [1.165, 1.54) is 0 Å². The van der Waals surface area contributed by atoms with Gasteiger partial charge in [0.2, 0.25) is 0 Å². The number of rotatable bonds is 16. The fourth-order valence-electron chi connectivity index (χ4n) is 5.69. The number of hydrogen-bond donors (Lipinski definition) is 8. The van der Waals surface area contributed by atoms with Gasteiger partial charge in [-0.2, -0.15) is 0 Å². The Kier molecular flexibility index (Phi) is 10.5. The summed E-state index contributed by atoms with van der Waals surface area (Å²) in [4.78, 5) is 97.2. The molecule has 0 saturated carbocycles. The molecule has 0 aliphatic heterocycles. The average molecular weight is 733 g/mol. The van der Waals surface area contributed by atoms with E-state index in [2.05, 4.69) is 0 Å². The van der Waals surface area contributed by atoms with Crippen LogP contribution in [0.3, 0.4) is 0 Å². The minimum Gasteiger partial charge on any atom is -0.481 e. The van der Waals surface area contributed by atoms with Gasteiger partial charge in [0.1, 0.15) is 34.1 Å². The first-order chi connectivity index (χ1) is 24.9. The fourth-order valence-corrected chi connectivity index (χ4v) is 5.69. The summed E-state index contributed by atoms with van der Waals surface area (Å²) >= 11 is 0. The molecule has 53 heavy (non-hydrogen) atoms. The molecule has 0 spiro atoms. The van der Waals surface area contributed by atoms with Crippen LogP contribution in [0.15, 0.2) is 84.9 Å². The fraction of sp³-hybridized carbons (Fsp3) is 0.0857. The smallest absolute Gasteiger partial charge is 0.339 e. The molecule has 0 aromatic heterocycles. The molecule has 18 nitrogen and oxygen atoms in total. The van der Waals surface area contributed by atoms with E-state index < -0.39 is 87.3 Å². The van der Waals surface area contributed by atoms with Crippen LogP contribution in [0.4, 0.5) is 0 Å². The van der Waals surface area contributed by atoms with Crippen LogP contribution >= 0.6 is 0 Å². The third kappa shape index (κ3) is 6.99. The second kappa shape index (κ2) is 14.6. The van der Waals surface area contributed by atoms with Crippen LogP contribution in [0.25, 0.3) is 0 Å². The molecule has 18 heteroatoms. The SMILES string of the molecule is O=C(O)CC(c1ccc(Oc2ccc(C(=O)O)cc2C(=O)O)cc1)(c1ccc(Oc2ccc(C(=O)O)cc2C(=O)O)cc1)C(C(=O)O)(C(=O)O)C(=O)O. The minimum absolute atomic E-state index is 0.206. The Hall–Kier alpha value is -7.76. The summed E-state index contributed by atoms with van der Waals surface area (Å²) in [7, 11) is 0. The highest BCUT2D eigenvalue weighted by Crippen LogP contribution is 2.52. The van der Waals surface area contributed by atoms with E-state index in [0.717, 1.165) is 84.9 Å². The second-order valence-corrected chi connectivity index (χ2v) is 11.0. The predicted octanol–water partition coefficient (Wildman–Crippen LogP) is 4.07. The Morgan fingerprint density at radius 1 is 0.453 bits per heavy atom. The molecule has 0 unspecified atom stereocenters. The minimum atomic E-state index is -3.94. The van der Waals surface area contributed by atoms with Gasteiger partial charge in [0.15, 0.2) is 0 Å². The van der Waals surface area contributed by atoms with Gasteiger partial charge in [0.25, 0.3) is 5.41 Å². The summed E-state index contributed by atoms with van der Waals surface area (Å²) in [5.74, 6) is -16.4. The lowest BCUT2D eigenvalue weighted by Gasteiger charge is -2.42. The highest BCUT2D eigenvalue weighted by atomic mass is 16.5. The largest absolute Gasteiger partial charge is 0.481 e. The van der Waals surface area contributed by atoms with Gasteiger partial charge < -0.3 is 50.3 Å². The average Bonchev–Trinajstić information content (AvgIpc) is 3.08. The first-order valence-electron chi connectivity index (χ1n) is 14.6. The van der Waals surface area contributed by atoms with E-state index >= 15 is 0 Å². The van der Waals surface area contributed by atoms with E-state index in [1.807, 2.05) is 0 Å². The van der Waals surface area contributed by atoms with Crippen molar-refractivity contribution in [3.63, 3.8) is 0 Å². The maximum absolute atomic E-state index is 12.9. The highest BCUT2D eigenvalue weighted by molar-refractivity contribution is 6.19. The molecule has 0 radical (unpaired) electrons. The van der Waals surface area contributed by atoms with Crippen molar-refractivity contribution in [3.8, 4) is 23.0 Å². The van der Waals surface area contributed by atoms with Crippen LogP contribution in [-0.4, -0.2) is 88.6 Å². The molecule has 0 saturated heterocycles. The first kappa shape index (κ1) is 38.0. The third-order valence-electron chi connectivity index (χ3n) is 8.08. The van der Waals surface area contributed by atoms with Crippen molar-refractivity contribution in [3.05, 3.63) is 118 Å². The van der Waals surface area contributed by atoms with Crippen molar-refractivity contribution in [2.24, 2.45) is 5.41 Å². The number of hydrogen-bond acceptors (Lipinski definition) is 10. The Morgan fingerprint density at radius 3 is 1.06 bits per heavy atom. The van der Waals surface area contributed by atoms with Gasteiger partial charge in [-0.3, -0.25) is 19.2 Å². The lowest BCUT2D eigenvalue weighted by atomic mass is 9.54. The van der Waals surface area contributed by atoms with Crippen molar-refractivity contribution in [2.45, 2.75) is 11.8 Å². The maximum Gasteiger partial charge on any atom is 0.339 e. The lowest BCUT2D eigenvalue weighted by Crippen LogP contribution is -2.62. The Morgan fingerprint density at radius 2 is 0.792 bits per heavy atom. The Labute approximate surface area is 294 Å². The first-order valence-corrected chi connectivity index (χ1v) is 14.6. The predicted molar refractivity (Wildman–Crippen MR) is 172 cm³/mol. The lowest BCUT2D eigenvalue weighted by molar-refractivity contribution is -0.181. The van der Waals surface area contributed by atoms with Gasteiger partial charge >= 0.3 is 47.8 Å². The number of carbonyl (C=O) groups is 8. The molecule has 4 rings (SSSR count). The molecule has 4 aromatic rings. The van der Waals surface area contributed by atoms with E-state index in [1.54, 1.807) is 0 Å². The zero-order valence-electron chi connectivity index (χ0n) is 26.5. The maximum atomic E-state index is 12.9. The van der Waals surface area contributed by atoms with Crippen molar-refractivity contribution in [2.75, 3.05) is 0 Å². The van der Waals surface area contributed by atoms with Gasteiger partial charge in [-0.15, -0.1) is 0 Å². The van der Waals surface area contributed by atoms with Crippen molar-refractivity contribution in [1.82, 2.24) is 0 Å². The zero-order chi connectivity index (χ0) is 39.4.